The van der Waals surface area contributed by atoms with Gasteiger partial charge in [0.1, 0.15) is 16.9 Å². The van der Waals surface area contributed by atoms with Crippen molar-refractivity contribution in [3.63, 3.8) is 0 Å². The Hall–Kier alpha value is -2.70. The maximum Gasteiger partial charge on any atom is 0.259 e. The number of rotatable bonds is 2. The number of hydrogen-bond donors (Lipinski definition) is 1. The predicted octanol–water partition coefficient (Wildman–Crippen LogP) is 4.01. The molecule has 120 valence electrons. The largest absolute Gasteiger partial charge is 0.312 e. The molecule has 1 aliphatic rings. The van der Waals surface area contributed by atoms with Crippen molar-refractivity contribution in [3.05, 3.63) is 51.1 Å². The second kappa shape index (κ2) is 6.43. The number of carbonyl (C=O) groups is 1. The first-order chi connectivity index (χ1) is 11.5. The zero-order valence-electron chi connectivity index (χ0n) is 13.0. The van der Waals surface area contributed by atoms with Gasteiger partial charge in [0.15, 0.2) is 0 Å². The summed E-state index contributed by atoms with van der Waals surface area (Å²) in [6, 6.07) is 7.70. The maximum absolute atomic E-state index is 14.0. The van der Waals surface area contributed by atoms with Gasteiger partial charge in [-0.25, -0.2) is 4.39 Å². The lowest BCUT2D eigenvalue weighted by molar-refractivity contribution is 0.102. The molecule has 0 bridgehead atoms. The van der Waals surface area contributed by atoms with Crippen LogP contribution in [0.15, 0.2) is 18.2 Å². The highest BCUT2D eigenvalue weighted by molar-refractivity contribution is 7.16. The van der Waals surface area contributed by atoms with Crippen LogP contribution < -0.4 is 5.32 Å². The third-order valence-electron chi connectivity index (χ3n) is 4.19. The van der Waals surface area contributed by atoms with Crippen LogP contribution in [0.1, 0.15) is 45.3 Å². The second-order valence-electron chi connectivity index (χ2n) is 5.93. The summed E-state index contributed by atoms with van der Waals surface area (Å²) in [5.74, 6) is -0.803. The number of nitrogens with one attached hydrogen (secondary N) is 1. The molecule has 1 atom stereocenters. The van der Waals surface area contributed by atoms with E-state index in [1.807, 2.05) is 6.07 Å². The highest BCUT2D eigenvalue weighted by Gasteiger charge is 2.25. The molecule has 1 amide bonds. The molecule has 0 saturated carbocycles. The molecule has 6 heteroatoms. The first kappa shape index (κ1) is 16.2. The van der Waals surface area contributed by atoms with E-state index in [9.17, 15) is 14.4 Å². The van der Waals surface area contributed by atoms with Crippen LogP contribution in [-0.4, -0.2) is 5.91 Å². The monoisotopic (exact) mass is 339 g/mol. The lowest BCUT2D eigenvalue weighted by Gasteiger charge is -2.17. The fraction of sp³-hybridized carbons (Fsp3) is 0.278. The lowest BCUT2D eigenvalue weighted by Crippen LogP contribution is -2.14. The number of amides is 1. The molecule has 24 heavy (non-hydrogen) atoms. The Morgan fingerprint density at radius 3 is 2.83 bits per heavy atom. The molecule has 0 spiro atoms. The molecule has 0 unspecified atom stereocenters. The van der Waals surface area contributed by atoms with Crippen molar-refractivity contribution in [1.29, 1.82) is 10.5 Å². The number of nitrogens with zero attached hydrogens (tertiary/aromatic N) is 2. The number of benzene rings is 1. The summed E-state index contributed by atoms with van der Waals surface area (Å²) in [4.78, 5) is 13.5. The van der Waals surface area contributed by atoms with Gasteiger partial charge in [-0.05, 0) is 48.9 Å². The van der Waals surface area contributed by atoms with E-state index in [4.69, 9.17) is 5.26 Å². The lowest BCUT2D eigenvalue weighted by atomic mass is 9.88. The van der Waals surface area contributed by atoms with Gasteiger partial charge in [-0.15, -0.1) is 11.3 Å². The molecule has 3 rings (SSSR count). The van der Waals surface area contributed by atoms with Crippen molar-refractivity contribution in [3.8, 4) is 12.1 Å². The first-order valence-corrected chi connectivity index (χ1v) is 8.40. The number of nitriles is 2. The average Bonchev–Trinajstić information content (AvgIpc) is 2.90. The van der Waals surface area contributed by atoms with E-state index >= 15 is 0 Å². The molecule has 1 aromatic carbocycles. The van der Waals surface area contributed by atoms with E-state index < -0.39 is 11.7 Å². The van der Waals surface area contributed by atoms with Crippen molar-refractivity contribution in [2.45, 2.75) is 26.2 Å². The molecule has 1 N–H and O–H groups in total. The number of anilines is 1. The molecule has 1 heterocycles. The molecule has 0 saturated heterocycles. The van der Waals surface area contributed by atoms with Crippen LogP contribution >= 0.6 is 11.3 Å². The summed E-state index contributed by atoms with van der Waals surface area (Å²) >= 11 is 1.40. The topological polar surface area (TPSA) is 76.7 Å². The van der Waals surface area contributed by atoms with E-state index in [0.717, 1.165) is 35.8 Å². The third-order valence-corrected chi connectivity index (χ3v) is 5.36. The molecule has 4 nitrogen and oxygen atoms in total. The maximum atomic E-state index is 14.0. The second-order valence-corrected chi connectivity index (χ2v) is 7.03. The summed E-state index contributed by atoms with van der Waals surface area (Å²) in [7, 11) is 0. The molecule has 0 radical (unpaired) electrons. The summed E-state index contributed by atoms with van der Waals surface area (Å²) in [5, 5.41) is 21.3. The Morgan fingerprint density at radius 1 is 1.38 bits per heavy atom. The Balaban J connectivity index is 1.91. The highest BCUT2D eigenvalue weighted by atomic mass is 32.1. The highest BCUT2D eigenvalue weighted by Crippen LogP contribution is 2.39. The Kier molecular flexibility index (Phi) is 4.33. The molecular weight excluding hydrogens is 325 g/mol. The number of fused-ring (bicyclic) bond motifs is 1. The van der Waals surface area contributed by atoms with Gasteiger partial charge in [-0.2, -0.15) is 10.5 Å². The predicted molar refractivity (Wildman–Crippen MR) is 89.3 cm³/mol. The summed E-state index contributed by atoms with van der Waals surface area (Å²) in [6.45, 7) is 2.17. The Labute approximate surface area is 143 Å². The number of thiophene rings is 1. The van der Waals surface area contributed by atoms with Crippen LogP contribution in [0.2, 0.25) is 0 Å². The van der Waals surface area contributed by atoms with Crippen LogP contribution in [0.25, 0.3) is 0 Å². The molecular formula is C18H14FN3OS. The van der Waals surface area contributed by atoms with E-state index in [1.165, 1.54) is 23.5 Å². The van der Waals surface area contributed by atoms with Crippen LogP contribution in [0.4, 0.5) is 9.39 Å². The smallest absolute Gasteiger partial charge is 0.259 e. The molecule has 1 aliphatic carbocycles. The number of hydrogen-bond acceptors (Lipinski definition) is 4. The first-order valence-electron chi connectivity index (χ1n) is 7.59. The van der Waals surface area contributed by atoms with E-state index in [1.54, 1.807) is 0 Å². The number of halogens is 1. The third kappa shape index (κ3) is 2.89. The zero-order valence-corrected chi connectivity index (χ0v) is 13.8. The molecule has 2 aromatic rings. The van der Waals surface area contributed by atoms with Crippen LogP contribution in [0.5, 0.6) is 0 Å². The molecule has 0 aliphatic heterocycles. The fourth-order valence-electron chi connectivity index (χ4n) is 2.90. The number of carbonyl (C=O) groups excluding carboxylic acids is 1. The van der Waals surface area contributed by atoms with E-state index in [0.29, 0.717) is 16.5 Å². The molecule has 0 fully saturated rings. The van der Waals surface area contributed by atoms with Gasteiger partial charge in [-0.3, -0.25) is 4.79 Å². The van der Waals surface area contributed by atoms with Crippen molar-refractivity contribution in [2.24, 2.45) is 5.92 Å². The molecule has 1 aromatic heterocycles. The minimum Gasteiger partial charge on any atom is -0.312 e. The minimum absolute atomic E-state index is 0.141. The van der Waals surface area contributed by atoms with Gasteiger partial charge < -0.3 is 5.32 Å². The van der Waals surface area contributed by atoms with Gasteiger partial charge >= 0.3 is 0 Å². The zero-order chi connectivity index (χ0) is 17.3. The van der Waals surface area contributed by atoms with Crippen LogP contribution in [0.3, 0.4) is 0 Å². The standard InChI is InChI=1S/C18H14FN3OS/c1-10-2-4-12-14(9-21)18(24-16(12)6-10)22-17(23)13-5-3-11(8-20)7-15(13)19/h3,5,7,10H,2,4,6H2,1H3,(H,22,23)/t10-/m1/s1. The van der Waals surface area contributed by atoms with E-state index in [-0.39, 0.29) is 11.1 Å². The van der Waals surface area contributed by atoms with Crippen LogP contribution in [0, 0.1) is 34.4 Å². The van der Waals surface area contributed by atoms with Crippen molar-refractivity contribution in [2.75, 3.05) is 5.32 Å². The Bertz CT molecular complexity index is 904. The quantitative estimate of drug-likeness (QED) is 0.898. The minimum atomic E-state index is -0.750. The van der Waals surface area contributed by atoms with Crippen molar-refractivity contribution >= 4 is 22.2 Å². The summed E-state index contributed by atoms with van der Waals surface area (Å²) in [5.41, 5.74) is 1.51. The Morgan fingerprint density at radius 2 is 2.17 bits per heavy atom. The summed E-state index contributed by atoms with van der Waals surface area (Å²) < 4.78 is 14.0. The SMILES string of the molecule is C[C@@H]1CCc2c(sc(NC(=O)c3ccc(C#N)cc3F)c2C#N)C1. The van der Waals surface area contributed by atoms with Crippen molar-refractivity contribution in [1.82, 2.24) is 0 Å². The van der Waals surface area contributed by atoms with Crippen molar-refractivity contribution < 1.29 is 9.18 Å². The van der Waals surface area contributed by atoms with Gasteiger partial charge in [0, 0.05) is 4.88 Å². The van der Waals surface area contributed by atoms with Gasteiger partial charge in [0.05, 0.1) is 22.8 Å². The fourth-order valence-corrected chi connectivity index (χ4v) is 4.25. The van der Waals surface area contributed by atoms with Gasteiger partial charge in [0.2, 0.25) is 0 Å². The van der Waals surface area contributed by atoms with Gasteiger partial charge in [0.25, 0.3) is 5.91 Å². The normalized spacial score (nSPS) is 15.9. The van der Waals surface area contributed by atoms with E-state index in [2.05, 4.69) is 18.3 Å². The average molecular weight is 339 g/mol. The summed E-state index contributed by atoms with van der Waals surface area (Å²) in [6.07, 6.45) is 2.75. The van der Waals surface area contributed by atoms with Crippen LogP contribution in [-0.2, 0) is 12.8 Å². The van der Waals surface area contributed by atoms with Gasteiger partial charge in [-0.1, -0.05) is 6.92 Å².